The highest BCUT2D eigenvalue weighted by molar-refractivity contribution is 5.65. The van der Waals surface area contributed by atoms with E-state index < -0.39 is 0 Å². The molecule has 0 fully saturated rings. The molecule has 4 heteroatoms. The maximum Gasteiger partial charge on any atom is 0.119 e. The van der Waals surface area contributed by atoms with Crippen molar-refractivity contribution < 1.29 is 9.47 Å². The molecule has 0 unspecified atom stereocenters. The van der Waals surface area contributed by atoms with Crippen molar-refractivity contribution in [2.45, 2.75) is 25.7 Å². The zero-order chi connectivity index (χ0) is 25.0. The molecule has 0 radical (unpaired) electrons. The molecule has 4 nitrogen and oxygen atoms in total. The molecule has 0 amide bonds. The van der Waals surface area contributed by atoms with Gasteiger partial charge < -0.3 is 9.47 Å². The van der Waals surface area contributed by atoms with Crippen LogP contribution in [0.4, 0.5) is 0 Å². The van der Waals surface area contributed by atoms with Gasteiger partial charge in [-0.2, -0.15) is 10.5 Å². The molecule has 0 atom stereocenters. The van der Waals surface area contributed by atoms with Gasteiger partial charge in [0.25, 0.3) is 0 Å². The van der Waals surface area contributed by atoms with Gasteiger partial charge in [0.2, 0.25) is 0 Å². The third-order valence-corrected chi connectivity index (χ3v) is 5.98. The summed E-state index contributed by atoms with van der Waals surface area (Å²) in [6, 6.07) is 35.6. The van der Waals surface area contributed by atoms with Crippen molar-refractivity contribution in [2.75, 3.05) is 13.2 Å². The number of ether oxygens (including phenoxy) is 2. The van der Waals surface area contributed by atoms with Crippen LogP contribution < -0.4 is 9.47 Å². The Hall–Kier alpha value is -4.54. The molecular weight excluding hydrogens is 444 g/mol. The lowest BCUT2D eigenvalue weighted by molar-refractivity contribution is 0.287. The first-order chi connectivity index (χ1) is 17.7. The zero-order valence-corrected chi connectivity index (χ0v) is 20.2. The Bertz CT molecular complexity index is 1210. The van der Waals surface area contributed by atoms with Crippen LogP contribution in [0.5, 0.6) is 11.5 Å². The molecule has 178 valence electrons. The molecule has 4 aromatic carbocycles. The molecule has 4 rings (SSSR count). The van der Waals surface area contributed by atoms with Crippen molar-refractivity contribution in [3.63, 3.8) is 0 Å². The lowest BCUT2D eigenvalue weighted by atomic mass is 10.0. The standard InChI is InChI=1S/C32H28N2O2/c33-23-25-5-9-27(10-6-25)29-13-17-31(18-14-29)35-21-3-1-2-4-22-36-32-19-15-30(16-20-32)28-11-7-26(24-34)8-12-28/h5-20H,1-4,21-22H2. The molecule has 0 aliphatic rings. The number of rotatable bonds is 11. The van der Waals surface area contributed by atoms with Gasteiger partial charge in [-0.25, -0.2) is 0 Å². The summed E-state index contributed by atoms with van der Waals surface area (Å²) in [5.41, 5.74) is 5.72. The lowest BCUT2D eigenvalue weighted by Crippen LogP contribution is -2.00. The second-order valence-corrected chi connectivity index (χ2v) is 8.54. The van der Waals surface area contributed by atoms with Crippen LogP contribution >= 0.6 is 0 Å². The number of nitriles is 2. The Kier molecular flexibility index (Phi) is 8.73. The topological polar surface area (TPSA) is 66.0 Å². The van der Waals surface area contributed by atoms with Crippen molar-refractivity contribution in [1.29, 1.82) is 10.5 Å². The summed E-state index contributed by atoms with van der Waals surface area (Å²) >= 11 is 0. The zero-order valence-electron chi connectivity index (χ0n) is 20.2. The molecular formula is C32H28N2O2. The van der Waals surface area contributed by atoms with E-state index in [2.05, 4.69) is 12.1 Å². The summed E-state index contributed by atoms with van der Waals surface area (Å²) < 4.78 is 11.8. The fourth-order valence-corrected chi connectivity index (χ4v) is 3.90. The molecule has 36 heavy (non-hydrogen) atoms. The van der Waals surface area contributed by atoms with Crippen LogP contribution in [0.1, 0.15) is 36.8 Å². The van der Waals surface area contributed by atoms with Gasteiger partial charge in [0.15, 0.2) is 0 Å². The van der Waals surface area contributed by atoms with Gasteiger partial charge in [-0.3, -0.25) is 0 Å². The number of hydrogen-bond donors (Lipinski definition) is 0. The molecule has 0 aromatic heterocycles. The Morgan fingerprint density at radius 2 is 0.722 bits per heavy atom. The van der Waals surface area contributed by atoms with Crippen LogP contribution in [0.3, 0.4) is 0 Å². The van der Waals surface area contributed by atoms with Gasteiger partial charge in [-0.05, 0) is 96.5 Å². The first kappa shape index (κ1) is 24.6. The SMILES string of the molecule is N#Cc1ccc(-c2ccc(OCCCCCCOc3ccc(-c4ccc(C#N)cc4)cc3)cc2)cc1. The van der Waals surface area contributed by atoms with E-state index in [1.165, 1.54) is 0 Å². The highest BCUT2D eigenvalue weighted by Crippen LogP contribution is 2.24. The Morgan fingerprint density at radius 1 is 0.417 bits per heavy atom. The Morgan fingerprint density at radius 3 is 1.03 bits per heavy atom. The number of nitrogens with zero attached hydrogens (tertiary/aromatic N) is 2. The molecule has 0 bridgehead atoms. The minimum atomic E-state index is 0.667. The summed E-state index contributed by atoms with van der Waals surface area (Å²) in [5, 5.41) is 17.8. The van der Waals surface area contributed by atoms with Gasteiger partial charge in [-0.15, -0.1) is 0 Å². The molecule has 0 aliphatic carbocycles. The fourth-order valence-electron chi connectivity index (χ4n) is 3.90. The minimum Gasteiger partial charge on any atom is -0.494 e. The molecule has 0 aliphatic heterocycles. The maximum atomic E-state index is 8.92. The van der Waals surface area contributed by atoms with E-state index in [4.69, 9.17) is 20.0 Å². The van der Waals surface area contributed by atoms with Gasteiger partial charge in [0.1, 0.15) is 11.5 Å². The molecule has 0 N–H and O–H groups in total. The van der Waals surface area contributed by atoms with Crippen LogP contribution in [0.15, 0.2) is 97.1 Å². The Labute approximate surface area is 213 Å². The molecule has 4 aromatic rings. The number of benzene rings is 4. The summed E-state index contributed by atoms with van der Waals surface area (Å²) in [4.78, 5) is 0. The van der Waals surface area contributed by atoms with E-state index >= 15 is 0 Å². The highest BCUT2D eigenvalue weighted by Gasteiger charge is 2.02. The Balaban J connectivity index is 1.09. The van der Waals surface area contributed by atoms with E-state index in [9.17, 15) is 0 Å². The quantitative estimate of drug-likeness (QED) is 0.209. The van der Waals surface area contributed by atoms with E-state index in [1.54, 1.807) is 0 Å². The second kappa shape index (κ2) is 12.8. The first-order valence-electron chi connectivity index (χ1n) is 12.2. The van der Waals surface area contributed by atoms with Crippen molar-refractivity contribution in [3.8, 4) is 45.9 Å². The lowest BCUT2D eigenvalue weighted by Gasteiger charge is -2.09. The smallest absolute Gasteiger partial charge is 0.119 e. The fraction of sp³-hybridized carbons (Fsp3) is 0.188. The van der Waals surface area contributed by atoms with Crippen molar-refractivity contribution in [3.05, 3.63) is 108 Å². The van der Waals surface area contributed by atoms with Crippen LogP contribution in [0, 0.1) is 22.7 Å². The molecule has 0 spiro atoms. The van der Waals surface area contributed by atoms with Crippen LogP contribution in [-0.2, 0) is 0 Å². The van der Waals surface area contributed by atoms with E-state index in [0.717, 1.165) is 59.4 Å². The van der Waals surface area contributed by atoms with Crippen LogP contribution in [0.2, 0.25) is 0 Å². The summed E-state index contributed by atoms with van der Waals surface area (Å²) in [7, 11) is 0. The van der Waals surface area contributed by atoms with E-state index in [-0.39, 0.29) is 0 Å². The normalized spacial score (nSPS) is 10.3. The number of unbranched alkanes of at least 4 members (excludes halogenated alkanes) is 3. The third kappa shape index (κ3) is 6.98. The van der Waals surface area contributed by atoms with Gasteiger partial charge in [0, 0.05) is 0 Å². The second-order valence-electron chi connectivity index (χ2n) is 8.54. The van der Waals surface area contributed by atoms with Crippen LogP contribution in [0.25, 0.3) is 22.3 Å². The van der Waals surface area contributed by atoms with Crippen LogP contribution in [-0.4, -0.2) is 13.2 Å². The summed E-state index contributed by atoms with van der Waals surface area (Å²) in [6.07, 6.45) is 4.22. The van der Waals surface area contributed by atoms with Gasteiger partial charge in [-0.1, -0.05) is 48.5 Å². The summed E-state index contributed by atoms with van der Waals surface area (Å²) in [6.45, 7) is 1.40. The number of hydrogen-bond acceptors (Lipinski definition) is 4. The summed E-state index contributed by atoms with van der Waals surface area (Å²) in [5.74, 6) is 1.75. The van der Waals surface area contributed by atoms with E-state index in [1.807, 2.05) is 97.1 Å². The molecule has 0 heterocycles. The largest absolute Gasteiger partial charge is 0.494 e. The van der Waals surface area contributed by atoms with E-state index in [0.29, 0.717) is 24.3 Å². The molecule has 0 saturated carbocycles. The average Bonchev–Trinajstić information content (AvgIpc) is 2.95. The monoisotopic (exact) mass is 472 g/mol. The van der Waals surface area contributed by atoms with Gasteiger partial charge in [0.05, 0.1) is 36.5 Å². The highest BCUT2D eigenvalue weighted by atomic mass is 16.5. The average molecular weight is 473 g/mol. The minimum absolute atomic E-state index is 0.667. The predicted octanol–water partition coefficient (Wildman–Crippen LogP) is 7.78. The third-order valence-electron chi connectivity index (χ3n) is 5.98. The first-order valence-corrected chi connectivity index (χ1v) is 12.2. The van der Waals surface area contributed by atoms with Crippen molar-refractivity contribution in [1.82, 2.24) is 0 Å². The predicted molar refractivity (Wildman–Crippen MR) is 143 cm³/mol. The van der Waals surface area contributed by atoms with Crippen molar-refractivity contribution in [2.24, 2.45) is 0 Å². The maximum absolute atomic E-state index is 8.92. The van der Waals surface area contributed by atoms with Gasteiger partial charge >= 0.3 is 0 Å². The van der Waals surface area contributed by atoms with Crippen molar-refractivity contribution >= 4 is 0 Å². The molecule has 0 saturated heterocycles.